The zero-order valence-corrected chi connectivity index (χ0v) is 23.9. The van der Waals surface area contributed by atoms with Crippen LogP contribution in [-0.4, -0.2) is 13.0 Å². The van der Waals surface area contributed by atoms with Crippen LogP contribution in [0.1, 0.15) is 95.2 Å². The molecule has 0 N–H and O–H groups in total. The van der Waals surface area contributed by atoms with E-state index in [0.717, 1.165) is 23.4 Å². The van der Waals surface area contributed by atoms with Crippen molar-refractivity contribution in [2.24, 2.45) is 0 Å². The van der Waals surface area contributed by atoms with Gasteiger partial charge in [-0.2, -0.15) is 4.57 Å². The van der Waals surface area contributed by atoms with Gasteiger partial charge in [-0.3, -0.25) is 0 Å². The maximum absolute atomic E-state index is 10.8. The SMILES string of the molecule is CC(c1ccccc1)[n+]1ccc(Cl)cc1.CCCCCCCCCCCCc1ccc(S(=O)(=O)[O-])cc1. The van der Waals surface area contributed by atoms with Crippen molar-refractivity contribution in [3.05, 3.63) is 95.3 Å². The number of pyridine rings is 1. The minimum atomic E-state index is -4.31. The molecule has 202 valence electrons. The van der Waals surface area contributed by atoms with Crippen molar-refractivity contribution in [1.82, 2.24) is 0 Å². The molecule has 0 fully saturated rings. The summed E-state index contributed by atoms with van der Waals surface area (Å²) >= 11 is 5.85. The summed E-state index contributed by atoms with van der Waals surface area (Å²) in [4.78, 5) is -0.140. The van der Waals surface area contributed by atoms with Crippen LogP contribution in [-0.2, 0) is 16.5 Å². The summed E-state index contributed by atoms with van der Waals surface area (Å²) in [5, 5.41) is 0.770. The lowest BCUT2D eigenvalue weighted by molar-refractivity contribution is -0.710. The number of hydrogen-bond donors (Lipinski definition) is 0. The molecule has 0 aliphatic heterocycles. The van der Waals surface area contributed by atoms with Gasteiger partial charge in [-0.25, -0.2) is 8.42 Å². The number of unbranched alkanes of at least 4 members (excludes halogenated alkanes) is 9. The van der Waals surface area contributed by atoms with Gasteiger partial charge in [-0.05, 0) is 30.5 Å². The summed E-state index contributed by atoms with van der Waals surface area (Å²) in [5.74, 6) is 0. The van der Waals surface area contributed by atoms with E-state index in [4.69, 9.17) is 11.6 Å². The van der Waals surface area contributed by atoms with Gasteiger partial charge in [0.25, 0.3) is 0 Å². The summed E-state index contributed by atoms with van der Waals surface area (Å²) in [5.41, 5.74) is 2.40. The predicted molar refractivity (Wildman–Crippen MR) is 152 cm³/mol. The van der Waals surface area contributed by atoms with Gasteiger partial charge in [-0.15, -0.1) is 0 Å². The van der Waals surface area contributed by atoms with Crippen molar-refractivity contribution in [1.29, 1.82) is 0 Å². The van der Waals surface area contributed by atoms with Crippen molar-refractivity contribution in [3.8, 4) is 0 Å². The molecule has 4 nitrogen and oxygen atoms in total. The van der Waals surface area contributed by atoms with Gasteiger partial charge >= 0.3 is 0 Å². The maximum Gasteiger partial charge on any atom is 0.180 e. The quantitative estimate of drug-likeness (QED) is 0.117. The summed E-state index contributed by atoms with van der Waals surface area (Å²) < 4.78 is 34.6. The van der Waals surface area contributed by atoms with Crippen LogP contribution in [0, 0.1) is 0 Å². The van der Waals surface area contributed by atoms with E-state index in [9.17, 15) is 13.0 Å². The Kier molecular flexibility index (Phi) is 14.5. The number of halogens is 1. The molecule has 1 heterocycles. The summed E-state index contributed by atoms with van der Waals surface area (Å²) in [6.45, 7) is 4.41. The number of aromatic nitrogens is 1. The largest absolute Gasteiger partial charge is 0.744 e. The van der Waals surface area contributed by atoms with Gasteiger partial charge in [0.2, 0.25) is 0 Å². The first-order valence-corrected chi connectivity index (χ1v) is 15.4. The Morgan fingerprint density at radius 2 is 1.27 bits per heavy atom. The molecule has 2 aromatic carbocycles. The molecule has 0 saturated heterocycles. The molecular weight excluding hydrogens is 502 g/mol. The van der Waals surface area contributed by atoms with Crippen LogP contribution in [0.4, 0.5) is 0 Å². The van der Waals surface area contributed by atoms with Gasteiger partial charge in [0.05, 0.1) is 9.92 Å². The van der Waals surface area contributed by atoms with Gasteiger partial charge in [0.1, 0.15) is 10.1 Å². The highest BCUT2D eigenvalue weighted by atomic mass is 35.5. The lowest BCUT2D eigenvalue weighted by atomic mass is 10.0. The fourth-order valence-electron chi connectivity index (χ4n) is 4.22. The van der Waals surface area contributed by atoms with Gasteiger partial charge in [-0.1, -0.05) is 119 Å². The van der Waals surface area contributed by atoms with E-state index in [1.165, 1.54) is 75.5 Å². The van der Waals surface area contributed by atoms with Crippen LogP contribution in [0.2, 0.25) is 5.02 Å². The van der Waals surface area contributed by atoms with E-state index < -0.39 is 10.1 Å². The number of rotatable bonds is 14. The van der Waals surface area contributed by atoms with Crippen molar-refractivity contribution in [2.75, 3.05) is 0 Å². The van der Waals surface area contributed by atoms with E-state index in [2.05, 4.69) is 42.7 Å². The molecule has 1 aromatic heterocycles. The summed E-state index contributed by atoms with van der Waals surface area (Å²) in [6, 6.07) is 20.9. The van der Waals surface area contributed by atoms with Crippen molar-refractivity contribution < 1.29 is 17.5 Å². The molecule has 0 radical (unpaired) electrons. The van der Waals surface area contributed by atoms with Crippen LogP contribution < -0.4 is 4.57 Å². The van der Waals surface area contributed by atoms with Crippen molar-refractivity contribution in [3.63, 3.8) is 0 Å². The third-order valence-electron chi connectivity index (χ3n) is 6.57. The minimum Gasteiger partial charge on any atom is -0.744 e. The molecule has 0 spiro atoms. The Hall–Kier alpha value is -2.21. The number of nitrogens with zero attached hydrogens (tertiary/aromatic N) is 1. The second-order valence-corrected chi connectivity index (χ2v) is 11.4. The van der Waals surface area contributed by atoms with Gasteiger partial charge < -0.3 is 4.55 Å². The first-order chi connectivity index (χ1) is 17.8. The molecule has 1 atom stereocenters. The topological polar surface area (TPSA) is 61.1 Å². The fraction of sp³-hybridized carbons (Fsp3) is 0.452. The Morgan fingerprint density at radius 1 is 0.757 bits per heavy atom. The normalized spacial score (nSPS) is 12.0. The Morgan fingerprint density at radius 3 is 1.78 bits per heavy atom. The van der Waals surface area contributed by atoms with E-state index in [-0.39, 0.29) is 4.90 Å². The first-order valence-electron chi connectivity index (χ1n) is 13.6. The Bertz CT molecular complexity index is 1100. The molecule has 3 aromatic rings. The van der Waals surface area contributed by atoms with Crippen molar-refractivity contribution in [2.45, 2.75) is 95.4 Å². The van der Waals surface area contributed by atoms with Gasteiger partial charge in [0.15, 0.2) is 18.4 Å². The predicted octanol–water partition coefficient (Wildman–Crippen LogP) is 8.29. The molecule has 0 amide bonds. The highest BCUT2D eigenvalue weighted by Gasteiger charge is 2.13. The fourth-order valence-corrected chi connectivity index (χ4v) is 4.80. The molecule has 3 rings (SSSR count). The zero-order valence-electron chi connectivity index (χ0n) is 22.3. The van der Waals surface area contributed by atoms with E-state index in [1.54, 1.807) is 12.1 Å². The minimum absolute atomic E-state index is 0.140. The molecule has 37 heavy (non-hydrogen) atoms. The van der Waals surface area contributed by atoms with E-state index in [0.29, 0.717) is 6.04 Å². The second kappa shape index (κ2) is 17.3. The second-order valence-electron chi connectivity index (χ2n) is 9.58. The Labute approximate surface area is 229 Å². The molecule has 0 aliphatic rings. The summed E-state index contributed by atoms with van der Waals surface area (Å²) in [7, 11) is -4.31. The molecular formula is C31H42ClNO3S. The van der Waals surface area contributed by atoms with Crippen LogP contribution in [0.3, 0.4) is 0 Å². The molecule has 6 heteroatoms. The van der Waals surface area contributed by atoms with Gasteiger partial charge in [0, 0.05) is 24.6 Å². The van der Waals surface area contributed by atoms with Crippen LogP contribution in [0.5, 0.6) is 0 Å². The highest BCUT2D eigenvalue weighted by Crippen LogP contribution is 2.15. The molecule has 0 saturated carbocycles. The van der Waals surface area contributed by atoms with Crippen LogP contribution >= 0.6 is 11.6 Å². The van der Waals surface area contributed by atoms with Crippen LogP contribution in [0.25, 0.3) is 0 Å². The van der Waals surface area contributed by atoms with Crippen molar-refractivity contribution >= 4 is 21.7 Å². The van der Waals surface area contributed by atoms with E-state index >= 15 is 0 Å². The zero-order chi connectivity index (χ0) is 26.9. The maximum atomic E-state index is 10.8. The van der Waals surface area contributed by atoms with Crippen LogP contribution in [0.15, 0.2) is 84.0 Å². The average Bonchev–Trinajstić information content (AvgIpc) is 2.90. The molecule has 0 bridgehead atoms. The monoisotopic (exact) mass is 543 g/mol. The number of aryl methyl sites for hydroxylation is 1. The first kappa shape index (κ1) is 31.0. The number of hydrogen-bond acceptors (Lipinski definition) is 3. The smallest absolute Gasteiger partial charge is 0.180 e. The molecule has 1 unspecified atom stereocenters. The highest BCUT2D eigenvalue weighted by molar-refractivity contribution is 7.85. The standard InChI is InChI=1S/C18H30O3S.C13H13ClN/c1-2-3-4-5-6-7-8-9-10-11-12-17-13-15-18(16-14-17)22(19,20)21;1-11(12-5-3-2-4-6-12)15-9-7-13(14)8-10-15/h13-16H,2-12H2,1H3,(H,19,20,21);2-11H,1H3/q;+1/p-1. The third kappa shape index (κ3) is 12.7. The molecule has 0 aliphatic carbocycles. The Balaban J connectivity index is 0.000000278. The average molecular weight is 544 g/mol. The third-order valence-corrected chi connectivity index (χ3v) is 7.67. The lowest BCUT2D eigenvalue weighted by Crippen LogP contribution is -2.37. The summed E-state index contributed by atoms with van der Waals surface area (Å²) in [6.07, 6.45) is 18.0. The lowest BCUT2D eigenvalue weighted by Gasteiger charge is -2.08. The number of benzene rings is 2. The van der Waals surface area contributed by atoms with E-state index in [1.807, 2.05) is 30.6 Å².